The van der Waals surface area contributed by atoms with Gasteiger partial charge >= 0.3 is 11.9 Å². The van der Waals surface area contributed by atoms with Crippen LogP contribution < -0.4 is 5.32 Å². The van der Waals surface area contributed by atoms with E-state index in [0.717, 1.165) is 10.5 Å². The quantitative estimate of drug-likeness (QED) is 0.505. The van der Waals surface area contributed by atoms with E-state index in [0.29, 0.717) is 25.8 Å². The number of thioether (sulfide) groups is 1. The third kappa shape index (κ3) is 6.34. The highest BCUT2D eigenvalue weighted by Crippen LogP contribution is 2.33. The van der Waals surface area contributed by atoms with Crippen molar-refractivity contribution in [2.45, 2.75) is 54.5 Å². The molecular formula is C24H28N2O5S. The minimum Gasteiger partial charge on any atom is -0.480 e. The topological polar surface area (TPSA) is 107 Å². The molecular weight excluding hydrogens is 428 g/mol. The lowest BCUT2D eigenvalue weighted by Gasteiger charge is -2.27. The smallest absolute Gasteiger partial charge is 0.326 e. The zero-order valence-corrected chi connectivity index (χ0v) is 18.7. The maximum atomic E-state index is 13.1. The molecule has 0 bridgehead atoms. The van der Waals surface area contributed by atoms with Gasteiger partial charge in [0, 0.05) is 16.7 Å². The molecule has 170 valence electrons. The van der Waals surface area contributed by atoms with Gasteiger partial charge in [0.15, 0.2) is 0 Å². The summed E-state index contributed by atoms with van der Waals surface area (Å²) in [4.78, 5) is 39.0. The van der Waals surface area contributed by atoms with Crippen LogP contribution >= 0.6 is 11.8 Å². The number of carboxylic acids is 2. The largest absolute Gasteiger partial charge is 0.480 e. The van der Waals surface area contributed by atoms with E-state index in [4.69, 9.17) is 0 Å². The minimum absolute atomic E-state index is 0.0389. The number of carbonyl (C=O) groups is 3. The molecule has 8 heteroatoms. The number of nitrogens with one attached hydrogen (secondary N) is 1. The number of hydrogen-bond acceptors (Lipinski definition) is 5. The van der Waals surface area contributed by atoms with Crippen molar-refractivity contribution in [3.8, 4) is 0 Å². The number of hydrogen-bond donors (Lipinski definition) is 3. The van der Waals surface area contributed by atoms with Gasteiger partial charge in [-0.2, -0.15) is 0 Å². The van der Waals surface area contributed by atoms with Gasteiger partial charge < -0.3 is 15.1 Å². The monoisotopic (exact) mass is 456 g/mol. The summed E-state index contributed by atoms with van der Waals surface area (Å²) in [7, 11) is 0. The third-order valence-corrected chi connectivity index (χ3v) is 6.78. The van der Waals surface area contributed by atoms with Gasteiger partial charge in [-0.25, -0.2) is 4.79 Å². The third-order valence-electron chi connectivity index (χ3n) is 5.56. The average Bonchev–Trinajstić information content (AvgIpc) is 3.21. The number of carboxylic acid groups (broad SMARTS) is 2. The molecule has 2 aromatic rings. The summed E-state index contributed by atoms with van der Waals surface area (Å²) in [5.41, 5.74) is 1.02. The second kappa shape index (κ2) is 11.2. The molecule has 1 fully saturated rings. The van der Waals surface area contributed by atoms with Gasteiger partial charge in [-0.05, 0) is 43.9 Å². The predicted molar refractivity (Wildman–Crippen MR) is 123 cm³/mol. The Balaban J connectivity index is 1.62. The molecule has 4 atom stereocenters. The molecule has 3 N–H and O–H groups in total. The van der Waals surface area contributed by atoms with Crippen LogP contribution in [0.4, 0.5) is 0 Å². The first-order valence-corrected chi connectivity index (χ1v) is 11.5. The lowest BCUT2D eigenvalue weighted by molar-refractivity contribution is -0.149. The van der Waals surface area contributed by atoms with Crippen molar-refractivity contribution in [1.29, 1.82) is 0 Å². The lowest BCUT2D eigenvalue weighted by Crippen LogP contribution is -2.53. The number of nitrogens with zero attached hydrogens (tertiary/aromatic N) is 1. The maximum Gasteiger partial charge on any atom is 0.326 e. The molecule has 0 saturated carbocycles. The van der Waals surface area contributed by atoms with E-state index in [1.165, 1.54) is 4.90 Å². The normalized spacial score (nSPS) is 20.0. The fraction of sp³-hybridized carbons (Fsp3) is 0.375. The van der Waals surface area contributed by atoms with Crippen molar-refractivity contribution >= 4 is 29.6 Å². The summed E-state index contributed by atoms with van der Waals surface area (Å²) in [6, 6.07) is 16.6. The molecule has 1 aliphatic heterocycles. The predicted octanol–water partition coefficient (Wildman–Crippen LogP) is 2.90. The Bertz CT molecular complexity index is 925. The SMILES string of the molecule is C[C@H](N[C@@H](CCc1ccccc1)C(=O)O)C(=O)N1C[C@@H](Sc2ccccc2)C[C@H]1C(=O)O. The number of aliphatic carboxylic acids is 2. The van der Waals surface area contributed by atoms with Crippen LogP contribution in [0, 0.1) is 0 Å². The van der Waals surface area contributed by atoms with Crippen LogP contribution in [0.15, 0.2) is 65.6 Å². The van der Waals surface area contributed by atoms with Crippen LogP contribution in [0.1, 0.15) is 25.3 Å². The van der Waals surface area contributed by atoms with Gasteiger partial charge in [0.25, 0.3) is 0 Å². The van der Waals surface area contributed by atoms with E-state index in [-0.39, 0.29) is 11.2 Å². The van der Waals surface area contributed by atoms with E-state index in [9.17, 15) is 24.6 Å². The summed E-state index contributed by atoms with van der Waals surface area (Å²) in [6.45, 7) is 1.90. The molecule has 32 heavy (non-hydrogen) atoms. The van der Waals surface area contributed by atoms with Crippen molar-refractivity contribution in [1.82, 2.24) is 10.2 Å². The van der Waals surface area contributed by atoms with Crippen molar-refractivity contribution < 1.29 is 24.6 Å². The zero-order valence-electron chi connectivity index (χ0n) is 17.9. The summed E-state index contributed by atoms with van der Waals surface area (Å²) in [5.74, 6) is -2.46. The summed E-state index contributed by atoms with van der Waals surface area (Å²) >= 11 is 1.56. The van der Waals surface area contributed by atoms with Crippen molar-refractivity contribution in [3.63, 3.8) is 0 Å². The molecule has 2 aromatic carbocycles. The van der Waals surface area contributed by atoms with E-state index < -0.39 is 30.1 Å². The molecule has 0 spiro atoms. The molecule has 1 heterocycles. The second-order valence-electron chi connectivity index (χ2n) is 7.94. The van der Waals surface area contributed by atoms with E-state index >= 15 is 0 Å². The second-order valence-corrected chi connectivity index (χ2v) is 9.31. The fourth-order valence-corrected chi connectivity index (χ4v) is 5.12. The van der Waals surface area contributed by atoms with Gasteiger partial charge in [-0.15, -0.1) is 11.8 Å². The molecule has 3 rings (SSSR count). The number of benzene rings is 2. The molecule has 0 radical (unpaired) electrons. The highest BCUT2D eigenvalue weighted by atomic mass is 32.2. The van der Waals surface area contributed by atoms with Crippen molar-refractivity contribution in [2.75, 3.05) is 6.54 Å². The number of likely N-dealkylation sites (tertiary alicyclic amines) is 1. The van der Waals surface area contributed by atoms with Gasteiger partial charge in [0.05, 0.1) is 6.04 Å². The number of amides is 1. The Morgan fingerprint density at radius 2 is 1.69 bits per heavy atom. The van der Waals surface area contributed by atoms with E-state index in [1.54, 1.807) is 18.7 Å². The first kappa shape index (κ1) is 23.8. The Labute approximate surface area is 191 Å². The zero-order chi connectivity index (χ0) is 23.1. The Morgan fingerprint density at radius 1 is 1.06 bits per heavy atom. The van der Waals surface area contributed by atoms with E-state index in [1.807, 2.05) is 60.7 Å². The molecule has 7 nitrogen and oxygen atoms in total. The summed E-state index contributed by atoms with van der Waals surface area (Å²) in [6.07, 6.45) is 1.23. The van der Waals surface area contributed by atoms with Crippen LogP contribution in [0.5, 0.6) is 0 Å². The van der Waals surface area contributed by atoms with Crippen LogP contribution in [-0.2, 0) is 20.8 Å². The number of aryl methyl sites for hydroxylation is 1. The molecule has 1 aliphatic rings. The van der Waals surface area contributed by atoms with Crippen LogP contribution in [-0.4, -0.2) is 62.9 Å². The average molecular weight is 457 g/mol. The summed E-state index contributed by atoms with van der Waals surface area (Å²) < 4.78 is 0. The number of carbonyl (C=O) groups excluding carboxylic acids is 1. The Kier molecular flexibility index (Phi) is 8.30. The van der Waals surface area contributed by atoms with Crippen molar-refractivity contribution in [2.24, 2.45) is 0 Å². The minimum atomic E-state index is -1.04. The lowest BCUT2D eigenvalue weighted by atomic mass is 10.0. The standard InChI is InChI=1S/C24H28N2O5S/c1-16(25-20(23(28)29)13-12-17-8-4-2-5-9-17)22(27)26-15-19(14-21(26)24(30)31)32-18-10-6-3-7-11-18/h2-11,16,19-21,25H,12-15H2,1H3,(H,28,29)(H,30,31)/t16-,19-,20-,21-/m0/s1. The molecule has 0 unspecified atom stereocenters. The molecule has 0 aliphatic carbocycles. The summed E-state index contributed by atoms with van der Waals surface area (Å²) in [5, 5.41) is 22.1. The van der Waals surface area contributed by atoms with Crippen molar-refractivity contribution in [3.05, 3.63) is 66.2 Å². The number of rotatable bonds is 10. The van der Waals surface area contributed by atoms with Gasteiger partial charge in [-0.3, -0.25) is 14.9 Å². The first-order chi connectivity index (χ1) is 15.3. The highest BCUT2D eigenvalue weighted by molar-refractivity contribution is 8.00. The molecule has 1 saturated heterocycles. The molecule has 0 aromatic heterocycles. The Morgan fingerprint density at radius 3 is 2.28 bits per heavy atom. The Hall–Kier alpha value is -2.84. The van der Waals surface area contributed by atoms with Crippen LogP contribution in [0.3, 0.4) is 0 Å². The van der Waals surface area contributed by atoms with Gasteiger partial charge in [0.1, 0.15) is 12.1 Å². The molecule has 1 amide bonds. The highest BCUT2D eigenvalue weighted by Gasteiger charge is 2.41. The van der Waals surface area contributed by atoms with Crippen LogP contribution in [0.25, 0.3) is 0 Å². The first-order valence-electron chi connectivity index (χ1n) is 10.6. The van der Waals surface area contributed by atoms with E-state index in [2.05, 4.69) is 5.32 Å². The maximum absolute atomic E-state index is 13.1. The van der Waals surface area contributed by atoms with Gasteiger partial charge in [0.2, 0.25) is 5.91 Å². The fourth-order valence-electron chi connectivity index (χ4n) is 3.91. The van der Waals surface area contributed by atoms with Gasteiger partial charge in [-0.1, -0.05) is 48.5 Å². The van der Waals surface area contributed by atoms with Crippen LogP contribution in [0.2, 0.25) is 0 Å².